The number of nitrogen functional groups attached to an aromatic ring is 1. The molecule has 0 spiro atoms. The van der Waals surface area contributed by atoms with Gasteiger partial charge in [-0.15, -0.1) is 0 Å². The second-order valence-corrected chi connectivity index (χ2v) is 3.70. The van der Waals surface area contributed by atoms with E-state index in [0.717, 1.165) is 6.07 Å². The van der Waals surface area contributed by atoms with Crippen LogP contribution in [0.1, 0.15) is 11.1 Å². The summed E-state index contributed by atoms with van der Waals surface area (Å²) in [4.78, 5) is 10.3. The zero-order valence-corrected chi connectivity index (χ0v) is 9.38. The van der Waals surface area contributed by atoms with Crippen molar-refractivity contribution in [1.82, 2.24) is 0 Å². The van der Waals surface area contributed by atoms with Crippen molar-refractivity contribution in [1.29, 1.82) is 0 Å². The van der Waals surface area contributed by atoms with Gasteiger partial charge in [-0.2, -0.15) is 13.2 Å². The molecule has 8 heteroatoms. The van der Waals surface area contributed by atoms with E-state index < -0.39 is 29.2 Å². The Morgan fingerprint density at radius 3 is 2.33 bits per heavy atom. The molecule has 0 saturated heterocycles. The van der Waals surface area contributed by atoms with Crippen molar-refractivity contribution in [2.75, 3.05) is 5.73 Å². The van der Waals surface area contributed by atoms with Crippen molar-refractivity contribution in [3.8, 4) is 0 Å². The van der Waals surface area contributed by atoms with Gasteiger partial charge in [-0.25, -0.2) is 4.79 Å². The van der Waals surface area contributed by atoms with E-state index in [2.05, 4.69) is 0 Å². The van der Waals surface area contributed by atoms with Crippen molar-refractivity contribution in [2.24, 2.45) is 0 Å². The summed E-state index contributed by atoms with van der Waals surface area (Å²) in [5.74, 6) is -2.78. The zero-order chi connectivity index (χ0) is 14.1. The molecule has 0 aliphatic rings. The Morgan fingerprint density at radius 1 is 1.33 bits per heavy atom. The second-order valence-electron chi connectivity index (χ2n) is 3.30. The summed E-state index contributed by atoms with van der Waals surface area (Å²) in [6, 6.07) is 1.62. The number of benzene rings is 1. The first-order chi connectivity index (χ1) is 8.12. The number of aliphatic hydroxyl groups is 1. The maximum absolute atomic E-state index is 12.6. The van der Waals surface area contributed by atoms with Gasteiger partial charge in [-0.1, -0.05) is 11.6 Å². The molecule has 0 aliphatic carbocycles. The lowest BCUT2D eigenvalue weighted by atomic mass is 10.1. The minimum absolute atomic E-state index is 0.221. The van der Waals surface area contributed by atoms with E-state index in [1.54, 1.807) is 0 Å². The van der Waals surface area contributed by atoms with Crippen LogP contribution in [0.15, 0.2) is 17.9 Å². The van der Waals surface area contributed by atoms with Gasteiger partial charge in [-0.05, 0) is 23.8 Å². The summed E-state index contributed by atoms with van der Waals surface area (Å²) in [7, 11) is 0. The smallest absolute Gasteiger partial charge is 0.418 e. The summed E-state index contributed by atoms with van der Waals surface area (Å²) in [6.07, 6.45) is -4.08. The largest absolute Gasteiger partial charge is 0.502 e. The fourth-order valence-corrected chi connectivity index (χ4v) is 1.40. The lowest BCUT2D eigenvalue weighted by Gasteiger charge is -2.12. The third kappa shape index (κ3) is 3.07. The number of aliphatic hydroxyl groups excluding tert-OH is 1. The predicted molar refractivity (Wildman–Crippen MR) is 59.1 cm³/mol. The summed E-state index contributed by atoms with van der Waals surface area (Å²) >= 11 is 5.50. The first-order valence-corrected chi connectivity index (χ1v) is 4.81. The van der Waals surface area contributed by atoms with Crippen molar-refractivity contribution in [3.63, 3.8) is 0 Å². The first kappa shape index (κ1) is 14.2. The highest BCUT2D eigenvalue weighted by molar-refractivity contribution is 6.33. The first-order valence-electron chi connectivity index (χ1n) is 4.43. The molecule has 0 fully saturated rings. The number of aliphatic carboxylic acids is 1. The number of nitrogens with two attached hydrogens (primary N) is 1. The van der Waals surface area contributed by atoms with Crippen LogP contribution in [-0.4, -0.2) is 16.2 Å². The van der Waals surface area contributed by atoms with Crippen LogP contribution >= 0.6 is 11.6 Å². The highest BCUT2D eigenvalue weighted by atomic mass is 35.5. The molecule has 0 radical (unpaired) electrons. The molecule has 0 aromatic heterocycles. The van der Waals surface area contributed by atoms with E-state index in [-0.39, 0.29) is 10.6 Å². The Morgan fingerprint density at radius 2 is 1.89 bits per heavy atom. The summed E-state index contributed by atoms with van der Waals surface area (Å²) in [5, 5.41) is 17.0. The van der Waals surface area contributed by atoms with Crippen LogP contribution in [0, 0.1) is 0 Å². The summed E-state index contributed by atoms with van der Waals surface area (Å²) < 4.78 is 37.7. The summed E-state index contributed by atoms with van der Waals surface area (Å²) in [5.41, 5.74) is 3.10. The van der Waals surface area contributed by atoms with Gasteiger partial charge in [0.25, 0.3) is 0 Å². The lowest BCUT2D eigenvalue weighted by Crippen LogP contribution is -2.10. The molecule has 4 nitrogen and oxygen atoms in total. The maximum atomic E-state index is 12.6. The molecule has 0 bridgehead atoms. The molecule has 1 aromatic rings. The van der Waals surface area contributed by atoms with Gasteiger partial charge >= 0.3 is 12.1 Å². The Bertz CT molecular complexity index is 526. The number of anilines is 1. The van der Waals surface area contributed by atoms with Crippen LogP contribution in [0.3, 0.4) is 0 Å². The van der Waals surface area contributed by atoms with E-state index in [1.165, 1.54) is 0 Å². The molecule has 0 unspecified atom stereocenters. The van der Waals surface area contributed by atoms with Crippen LogP contribution in [0.4, 0.5) is 18.9 Å². The van der Waals surface area contributed by atoms with E-state index >= 15 is 0 Å². The molecule has 4 N–H and O–H groups in total. The SMILES string of the molecule is Nc1c(Cl)cc(/C=C(\O)C(=O)O)cc1C(F)(F)F. The Balaban J connectivity index is 3.38. The number of carboxylic acid groups (broad SMARTS) is 1. The van der Waals surface area contributed by atoms with Crippen molar-refractivity contribution in [3.05, 3.63) is 34.0 Å². The average Bonchev–Trinajstić information content (AvgIpc) is 2.21. The van der Waals surface area contributed by atoms with Gasteiger partial charge in [-0.3, -0.25) is 0 Å². The normalized spacial score (nSPS) is 12.6. The zero-order valence-electron chi connectivity index (χ0n) is 8.62. The number of rotatable bonds is 2. The Labute approximate surface area is 104 Å². The Kier molecular flexibility index (Phi) is 3.76. The molecule has 0 heterocycles. The fraction of sp³-hybridized carbons (Fsp3) is 0.100. The average molecular weight is 282 g/mol. The van der Waals surface area contributed by atoms with E-state index in [9.17, 15) is 18.0 Å². The molecule has 98 valence electrons. The van der Waals surface area contributed by atoms with Crippen molar-refractivity contribution in [2.45, 2.75) is 6.18 Å². The number of carbonyl (C=O) groups is 1. The van der Waals surface area contributed by atoms with Gasteiger partial charge in [0.15, 0.2) is 0 Å². The number of alkyl halides is 3. The predicted octanol–water partition coefficient (Wildman–Crippen LogP) is 2.92. The Hall–Kier alpha value is -1.89. The standard InChI is InChI=1S/C10H7ClF3NO3/c11-6-2-4(3-7(16)9(17)18)1-5(8(6)15)10(12,13)14/h1-3,16H,15H2,(H,17,18)/b7-3-. The fourth-order valence-electron chi connectivity index (χ4n) is 1.18. The number of hydrogen-bond donors (Lipinski definition) is 3. The van der Waals surface area contributed by atoms with Gasteiger partial charge in [0.2, 0.25) is 5.76 Å². The quantitative estimate of drug-likeness (QED) is 0.442. The number of halogens is 4. The van der Waals surface area contributed by atoms with Crippen LogP contribution < -0.4 is 5.73 Å². The number of carboxylic acids is 1. The van der Waals surface area contributed by atoms with Crippen LogP contribution in [0.5, 0.6) is 0 Å². The molecule has 0 aliphatic heterocycles. The lowest BCUT2D eigenvalue weighted by molar-refractivity contribution is -0.137. The van der Waals surface area contributed by atoms with Crippen LogP contribution in [-0.2, 0) is 11.0 Å². The third-order valence-corrected chi connectivity index (χ3v) is 2.29. The van der Waals surface area contributed by atoms with Crippen LogP contribution in [0.25, 0.3) is 6.08 Å². The topological polar surface area (TPSA) is 83.5 Å². The van der Waals surface area contributed by atoms with Crippen LogP contribution in [0.2, 0.25) is 5.02 Å². The molecule has 0 amide bonds. The monoisotopic (exact) mass is 281 g/mol. The molecule has 0 saturated carbocycles. The van der Waals surface area contributed by atoms with E-state index in [1.807, 2.05) is 0 Å². The van der Waals surface area contributed by atoms with Gasteiger partial charge in [0.05, 0.1) is 16.3 Å². The second kappa shape index (κ2) is 4.77. The molecular weight excluding hydrogens is 275 g/mol. The molecule has 1 aromatic carbocycles. The minimum atomic E-state index is -4.73. The molecule has 18 heavy (non-hydrogen) atoms. The highest BCUT2D eigenvalue weighted by Crippen LogP contribution is 2.38. The molecule has 1 rings (SSSR count). The highest BCUT2D eigenvalue weighted by Gasteiger charge is 2.34. The molecular formula is C10H7ClF3NO3. The van der Waals surface area contributed by atoms with Gasteiger partial charge < -0.3 is 15.9 Å². The number of hydrogen-bond acceptors (Lipinski definition) is 3. The minimum Gasteiger partial charge on any atom is -0.502 e. The molecule has 0 atom stereocenters. The van der Waals surface area contributed by atoms with E-state index in [0.29, 0.717) is 12.1 Å². The maximum Gasteiger partial charge on any atom is 0.418 e. The van der Waals surface area contributed by atoms with Gasteiger partial charge in [0, 0.05) is 0 Å². The van der Waals surface area contributed by atoms with E-state index in [4.69, 9.17) is 27.5 Å². The van der Waals surface area contributed by atoms with Crippen molar-refractivity contribution >= 4 is 29.3 Å². The van der Waals surface area contributed by atoms with Crippen molar-refractivity contribution < 1.29 is 28.2 Å². The third-order valence-electron chi connectivity index (χ3n) is 1.98. The summed E-state index contributed by atoms with van der Waals surface area (Å²) in [6.45, 7) is 0. The van der Waals surface area contributed by atoms with Gasteiger partial charge in [0.1, 0.15) is 0 Å².